The molecular formula is C11H12N2OS. The summed E-state index contributed by atoms with van der Waals surface area (Å²) in [5, 5.41) is 0.905. The largest absolute Gasteiger partial charge is 0.496 e. The monoisotopic (exact) mass is 220 g/mol. The van der Waals surface area contributed by atoms with Gasteiger partial charge in [-0.2, -0.15) is 0 Å². The number of anilines is 1. The van der Waals surface area contributed by atoms with Crippen LogP contribution in [0.2, 0.25) is 0 Å². The fourth-order valence-electron chi connectivity index (χ4n) is 1.34. The quantitative estimate of drug-likeness (QED) is 0.846. The summed E-state index contributed by atoms with van der Waals surface area (Å²) < 4.78 is 5.27. The molecule has 0 saturated heterocycles. The van der Waals surface area contributed by atoms with Crippen molar-refractivity contribution in [2.45, 2.75) is 6.92 Å². The SMILES string of the molecule is COc1ccccc1-c1nc(N)c(C)s1. The minimum absolute atomic E-state index is 0.598. The lowest BCUT2D eigenvalue weighted by Gasteiger charge is -2.04. The first-order chi connectivity index (χ1) is 7.22. The number of nitrogens with zero attached hydrogens (tertiary/aromatic N) is 1. The van der Waals surface area contributed by atoms with E-state index in [-0.39, 0.29) is 0 Å². The Morgan fingerprint density at radius 1 is 1.33 bits per heavy atom. The summed E-state index contributed by atoms with van der Waals surface area (Å²) in [7, 11) is 1.66. The highest BCUT2D eigenvalue weighted by atomic mass is 32.1. The second kappa shape index (κ2) is 3.90. The molecule has 2 aromatic rings. The number of benzene rings is 1. The van der Waals surface area contributed by atoms with Crippen molar-refractivity contribution in [1.82, 2.24) is 4.98 Å². The van der Waals surface area contributed by atoms with Crippen LogP contribution in [-0.2, 0) is 0 Å². The average molecular weight is 220 g/mol. The smallest absolute Gasteiger partial charge is 0.138 e. The Morgan fingerprint density at radius 2 is 2.07 bits per heavy atom. The lowest BCUT2D eigenvalue weighted by Crippen LogP contribution is -1.88. The van der Waals surface area contributed by atoms with E-state index in [0.717, 1.165) is 21.2 Å². The highest BCUT2D eigenvalue weighted by Gasteiger charge is 2.10. The molecule has 1 aromatic carbocycles. The summed E-state index contributed by atoms with van der Waals surface area (Å²) in [6.07, 6.45) is 0. The first kappa shape index (κ1) is 9.98. The van der Waals surface area contributed by atoms with Crippen LogP contribution in [0.4, 0.5) is 5.82 Å². The molecule has 0 saturated carbocycles. The van der Waals surface area contributed by atoms with Crippen molar-refractivity contribution in [3.8, 4) is 16.3 Å². The van der Waals surface area contributed by atoms with Gasteiger partial charge in [0.1, 0.15) is 16.6 Å². The number of aromatic nitrogens is 1. The molecule has 4 heteroatoms. The van der Waals surface area contributed by atoms with E-state index in [9.17, 15) is 0 Å². The predicted octanol–water partition coefficient (Wildman–Crippen LogP) is 2.71. The molecule has 0 aliphatic heterocycles. The van der Waals surface area contributed by atoms with Crippen LogP contribution in [0.3, 0.4) is 0 Å². The van der Waals surface area contributed by atoms with Gasteiger partial charge < -0.3 is 10.5 Å². The molecule has 0 aliphatic rings. The fourth-order valence-corrected chi connectivity index (χ4v) is 2.21. The topological polar surface area (TPSA) is 48.1 Å². The third-order valence-electron chi connectivity index (χ3n) is 2.17. The molecule has 0 fully saturated rings. The van der Waals surface area contributed by atoms with Crippen molar-refractivity contribution >= 4 is 17.2 Å². The normalized spacial score (nSPS) is 10.3. The lowest BCUT2D eigenvalue weighted by molar-refractivity contribution is 0.416. The second-order valence-corrected chi connectivity index (χ2v) is 4.36. The zero-order valence-electron chi connectivity index (χ0n) is 8.65. The van der Waals surface area contributed by atoms with Crippen LogP contribution < -0.4 is 10.5 Å². The van der Waals surface area contributed by atoms with Crippen molar-refractivity contribution in [1.29, 1.82) is 0 Å². The average Bonchev–Trinajstić information content (AvgIpc) is 2.59. The van der Waals surface area contributed by atoms with Crippen LogP contribution in [0.1, 0.15) is 4.88 Å². The Hall–Kier alpha value is -1.55. The number of rotatable bonds is 2. The Morgan fingerprint density at radius 3 is 2.67 bits per heavy atom. The summed E-state index contributed by atoms with van der Waals surface area (Å²) in [6, 6.07) is 7.80. The van der Waals surface area contributed by atoms with Crippen LogP contribution >= 0.6 is 11.3 Å². The van der Waals surface area contributed by atoms with Gasteiger partial charge in [-0.3, -0.25) is 0 Å². The van der Waals surface area contributed by atoms with Gasteiger partial charge in [0.15, 0.2) is 0 Å². The van der Waals surface area contributed by atoms with Gasteiger partial charge in [-0.1, -0.05) is 12.1 Å². The van der Waals surface area contributed by atoms with E-state index in [1.165, 1.54) is 0 Å². The molecule has 78 valence electrons. The van der Waals surface area contributed by atoms with Crippen LogP contribution in [0, 0.1) is 6.92 Å². The number of para-hydroxylation sites is 1. The van der Waals surface area contributed by atoms with Gasteiger partial charge >= 0.3 is 0 Å². The maximum Gasteiger partial charge on any atom is 0.138 e. The van der Waals surface area contributed by atoms with Crippen LogP contribution in [-0.4, -0.2) is 12.1 Å². The Kier molecular flexibility index (Phi) is 2.60. The van der Waals surface area contributed by atoms with Crippen molar-refractivity contribution < 1.29 is 4.74 Å². The number of thiazole rings is 1. The maximum atomic E-state index is 5.73. The molecule has 1 aromatic heterocycles. The van der Waals surface area contributed by atoms with Crippen LogP contribution in [0.5, 0.6) is 5.75 Å². The molecule has 0 amide bonds. The third-order valence-corrected chi connectivity index (χ3v) is 3.19. The molecule has 15 heavy (non-hydrogen) atoms. The molecule has 1 heterocycles. The molecule has 2 rings (SSSR count). The third kappa shape index (κ3) is 1.80. The fraction of sp³-hybridized carbons (Fsp3) is 0.182. The first-order valence-electron chi connectivity index (χ1n) is 4.58. The number of hydrogen-bond acceptors (Lipinski definition) is 4. The van der Waals surface area contributed by atoms with E-state index in [0.29, 0.717) is 5.82 Å². The highest BCUT2D eigenvalue weighted by molar-refractivity contribution is 7.15. The van der Waals surface area contributed by atoms with E-state index in [2.05, 4.69) is 4.98 Å². The number of ether oxygens (including phenoxy) is 1. The minimum Gasteiger partial charge on any atom is -0.496 e. The van der Waals surface area contributed by atoms with Crippen molar-refractivity contribution in [2.75, 3.05) is 12.8 Å². The van der Waals surface area contributed by atoms with Gasteiger partial charge in [-0.15, -0.1) is 11.3 Å². The van der Waals surface area contributed by atoms with E-state index < -0.39 is 0 Å². The van der Waals surface area contributed by atoms with Crippen LogP contribution in [0.25, 0.3) is 10.6 Å². The second-order valence-electron chi connectivity index (χ2n) is 3.16. The summed E-state index contributed by atoms with van der Waals surface area (Å²) in [5.41, 5.74) is 6.72. The predicted molar refractivity (Wildman–Crippen MR) is 63.3 cm³/mol. The van der Waals surface area contributed by atoms with Crippen molar-refractivity contribution in [3.05, 3.63) is 29.1 Å². The lowest BCUT2D eigenvalue weighted by atomic mass is 10.2. The number of methoxy groups -OCH3 is 1. The Labute approximate surface area is 92.5 Å². The number of nitrogen functional groups attached to an aromatic ring is 1. The molecule has 0 spiro atoms. The van der Waals surface area contributed by atoms with E-state index in [4.69, 9.17) is 10.5 Å². The summed E-state index contributed by atoms with van der Waals surface area (Å²) in [5.74, 6) is 1.42. The van der Waals surface area contributed by atoms with Gasteiger partial charge in [-0.05, 0) is 19.1 Å². The maximum absolute atomic E-state index is 5.73. The Bertz CT molecular complexity index is 460. The molecule has 0 bridgehead atoms. The number of aryl methyl sites for hydroxylation is 1. The number of nitrogens with two attached hydrogens (primary N) is 1. The summed E-state index contributed by atoms with van der Waals surface area (Å²) >= 11 is 1.58. The van der Waals surface area contributed by atoms with Crippen LogP contribution in [0.15, 0.2) is 24.3 Å². The Balaban J connectivity index is 2.53. The van der Waals surface area contributed by atoms with Gasteiger partial charge in [-0.25, -0.2) is 4.98 Å². The highest BCUT2D eigenvalue weighted by Crippen LogP contribution is 2.34. The van der Waals surface area contributed by atoms with Gasteiger partial charge in [0.2, 0.25) is 0 Å². The molecule has 3 nitrogen and oxygen atoms in total. The zero-order valence-corrected chi connectivity index (χ0v) is 9.47. The molecule has 0 aliphatic carbocycles. The zero-order chi connectivity index (χ0) is 10.8. The molecule has 0 unspecified atom stereocenters. The standard InChI is InChI=1S/C11H12N2OS/c1-7-10(12)13-11(15-7)8-5-3-4-6-9(8)14-2/h3-6H,12H2,1-2H3. The molecule has 2 N–H and O–H groups in total. The van der Waals surface area contributed by atoms with Gasteiger partial charge in [0, 0.05) is 4.88 Å². The van der Waals surface area contributed by atoms with Gasteiger partial charge in [0.05, 0.1) is 12.7 Å². The minimum atomic E-state index is 0.598. The molecular weight excluding hydrogens is 208 g/mol. The number of hydrogen-bond donors (Lipinski definition) is 1. The van der Waals surface area contributed by atoms with Crippen molar-refractivity contribution in [3.63, 3.8) is 0 Å². The van der Waals surface area contributed by atoms with Gasteiger partial charge in [0.25, 0.3) is 0 Å². The van der Waals surface area contributed by atoms with E-state index >= 15 is 0 Å². The summed E-state index contributed by atoms with van der Waals surface area (Å²) in [4.78, 5) is 5.34. The van der Waals surface area contributed by atoms with E-state index in [1.54, 1.807) is 18.4 Å². The first-order valence-corrected chi connectivity index (χ1v) is 5.40. The van der Waals surface area contributed by atoms with Crippen molar-refractivity contribution in [2.24, 2.45) is 0 Å². The molecule has 0 radical (unpaired) electrons. The summed E-state index contributed by atoms with van der Waals surface area (Å²) in [6.45, 7) is 1.96. The molecule has 0 atom stereocenters. The van der Waals surface area contributed by atoms with E-state index in [1.807, 2.05) is 31.2 Å².